The van der Waals surface area contributed by atoms with Gasteiger partial charge in [-0.05, 0) is 43.1 Å². The van der Waals surface area contributed by atoms with Crippen LogP contribution < -0.4 is 10.1 Å². The van der Waals surface area contributed by atoms with Crippen LogP contribution in [0.15, 0.2) is 36.5 Å². The molecule has 0 spiro atoms. The molecule has 0 saturated heterocycles. The van der Waals surface area contributed by atoms with E-state index < -0.39 is 0 Å². The molecule has 1 aromatic carbocycles. The second-order valence-corrected chi connectivity index (χ2v) is 5.52. The van der Waals surface area contributed by atoms with E-state index >= 15 is 0 Å². The first-order valence-corrected chi connectivity index (χ1v) is 7.15. The summed E-state index contributed by atoms with van der Waals surface area (Å²) >= 11 is 0. The summed E-state index contributed by atoms with van der Waals surface area (Å²) in [5, 5.41) is 3.37. The van der Waals surface area contributed by atoms with Crippen LogP contribution in [-0.4, -0.2) is 11.5 Å². The molecule has 3 nitrogen and oxygen atoms in total. The molecule has 0 fully saturated rings. The van der Waals surface area contributed by atoms with Crippen molar-refractivity contribution in [2.24, 2.45) is 5.92 Å². The Kier molecular flexibility index (Phi) is 5.28. The van der Waals surface area contributed by atoms with E-state index in [-0.39, 0.29) is 11.6 Å². The Bertz CT molecular complexity index is 599. The number of pyridine rings is 1. The molecule has 112 valence electrons. The number of rotatable bonds is 6. The molecule has 0 atom stereocenters. The van der Waals surface area contributed by atoms with Crippen molar-refractivity contribution < 1.29 is 9.13 Å². The summed E-state index contributed by atoms with van der Waals surface area (Å²) in [5.74, 6) is 0.857. The third-order valence-electron chi connectivity index (χ3n) is 3.01. The highest BCUT2D eigenvalue weighted by molar-refractivity contribution is 5.34. The predicted molar refractivity (Wildman–Crippen MR) is 82.0 cm³/mol. The topological polar surface area (TPSA) is 34.2 Å². The van der Waals surface area contributed by atoms with Gasteiger partial charge in [-0.3, -0.25) is 0 Å². The fourth-order valence-corrected chi connectivity index (χ4v) is 1.96. The summed E-state index contributed by atoms with van der Waals surface area (Å²) < 4.78 is 19.1. The zero-order chi connectivity index (χ0) is 15.2. The number of benzene rings is 1. The maximum Gasteiger partial charge on any atom is 0.222 e. The summed E-state index contributed by atoms with van der Waals surface area (Å²) in [7, 11) is 0. The molecule has 0 bridgehead atoms. The lowest BCUT2D eigenvalue weighted by atomic mass is 10.2. The highest BCUT2D eigenvalue weighted by Crippen LogP contribution is 2.25. The Morgan fingerprint density at radius 2 is 2.05 bits per heavy atom. The molecule has 0 unspecified atom stereocenters. The van der Waals surface area contributed by atoms with Gasteiger partial charge in [0.2, 0.25) is 5.88 Å². The number of aromatic nitrogens is 1. The number of halogens is 1. The van der Waals surface area contributed by atoms with Gasteiger partial charge in [-0.2, -0.15) is 0 Å². The van der Waals surface area contributed by atoms with Crippen LogP contribution >= 0.6 is 0 Å². The van der Waals surface area contributed by atoms with E-state index in [0.29, 0.717) is 11.8 Å². The lowest BCUT2D eigenvalue weighted by Gasteiger charge is -2.11. The largest absolute Gasteiger partial charge is 0.436 e. The predicted octanol–water partition coefficient (Wildman–Crippen LogP) is 4.07. The number of nitrogens with zero attached hydrogens (tertiary/aromatic N) is 1. The molecule has 0 saturated carbocycles. The number of hydrogen-bond donors (Lipinski definition) is 1. The monoisotopic (exact) mass is 288 g/mol. The van der Waals surface area contributed by atoms with Crippen LogP contribution in [0.2, 0.25) is 0 Å². The Morgan fingerprint density at radius 3 is 2.71 bits per heavy atom. The van der Waals surface area contributed by atoms with Gasteiger partial charge in [0.05, 0.1) is 0 Å². The van der Waals surface area contributed by atoms with E-state index in [0.717, 1.165) is 24.2 Å². The van der Waals surface area contributed by atoms with Gasteiger partial charge in [0, 0.05) is 18.3 Å². The molecule has 4 heteroatoms. The van der Waals surface area contributed by atoms with E-state index in [2.05, 4.69) is 24.1 Å². The number of ether oxygens (including phenoxy) is 1. The van der Waals surface area contributed by atoms with Gasteiger partial charge in [-0.1, -0.05) is 26.0 Å². The molecule has 0 aliphatic carbocycles. The molecule has 1 N–H and O–H groups in total. The van der Waals surface area contributed by atoms with Gasteiger partial charge in [-0.25, -0.2) is 9.37 Å². The summed E-state index contributed by atoms with van der Waals surface area (Å²) in [6.45, 7) is 7.98. The average Bonchev–Trinajstić information content (AvgIpc) is 2.43. The second-order valence-electron chi connectivity index (χ2n) is 5.52. The third-order valence-corrected chi connectivity index (χ3v) is 3.01. The van der Waals surface area contributed by atoms with Gasteiger partial charge in [0.1, 0.15) is 0 Å². The Labute approximate surface area is 125 Å². The summed E-state index contributed by atoms with van der Waals surface area (Å²) in [6, 6.07) is 8.34. The van der Waals surface area contributed by atoms with E-state index in [1.54, 1.807) is 24.4 Å². The highest BCUT2D eigenvalue weighted by atomic mass is 19.1. The molecule has 1 heterocycles. The van der Waals surface area contributed by atoms with Crippen LogP contribution in [-0.2, 0) is 6.54 Å². The molecule has 0 aliphatic rings. The number of para-hydroxylation sites is 1. The molecule has 2 aromatic rings. The van der Waals surface area contributed by atoms with Crippen molar-refractivity contribution in [2.75, 3.05) is 6.54 Å². The van der Waals surface area contributed by atoms with Gasteiger partial charge in [0.25, 0.3) is 0 Å². The minimum Gasteiger partial charge on any atom is -0.436 e. The van der Waals surface area contributed by atoms with Crippen molar-refractivity contribution in [3.05, 3.63) is 53.5 Å². The average molecular weight is 288 g/mol. The van der Waals surface area contributed by atoms with E-state index in [1.807, 2.05) is 13.0 Å². The fraction of sp³-hybridized carbons (Fsp3) is 0.353. The van der Waals surface area contributed by atoms with Crippen molar-refractivity contribution in [3.8, 4) is 11.6 Å². The minimum atomic E-state index is -0.388. The standard InChI is InChI=1S/C17H21FN2O/c1-12(2)9-19-10-14-8-13(3)17(20-11-14)21-16-7-5-4-6-15(16)18/h4-8,11-12,19H,9-10H2,1-3H3. The molecule has 1 aromatic heterocycles. The second kappa shape index (κ2) is 7.18. The van der Waals surface area contributed by atoms with Crippen molar-refractivity contribution in [2.45, 2.75) is 27.3 Å². The van der Waals surface area contributed by atoms with Crippen molar-refractivity contribution >= 4 is 0 Å². The molecule has 0 radical (unpaired) electrons. The van der Waals surface area contributed by atoms with Crippen molar-refractivity contribution in [1.29, 1.82) is 0 Å². The first kappa shape index (κ1) is 15.4. The van der Waals surface area contributed by atoms with Gasteiger partial charge < -0.3 is 10.1 Å². The fourth-order valence-electron chi connectivity index (χ4n) is 1.96. The van der Waals surface area contributed by atoms with Crippen molar-refractivity contribution in [3.63, 3.8) is 0 Å². The Morgan fingerprint density at radius 1 is 1.29 bits per heavy atom. The number of aryl methyl sites for hydroxylation is 1. The quantitative estimate of drug-likeness (QED) is 0.870. The zero-order valence-corrected chi connectivity index (χ0v) is 12.7. The molecule has 2 rings (SSSR count). The maximum atomic E-state index is 13.6. The van der Waals surface area contributed by atoms with Crippen LogP contribution in [0.25, 0.3) is 0 Å². The number of nitrogens with one attached hydrogen (secondary N) is 1. The highest BCUT2D eigenvalue weighted by Gasteiger charge is 2.08. The molecule has 21 heavy (non-hydrogen) atoms. The lowest BCUT2D eigenvalue weighted by molar-refractivity contribution is 0.424. The van der Waals surface area contributed by atoms with Gasteiger partial charge in [0.15, 0.2) is 11.6 Å². The first-order valence-electron chi connectivity index (χ1n) is 7.15. The molecule has 0 amide bonds. The SMILES string of the molecule is Cc1cc(CNCC(C)C)cnc1Oc1ccccc1F. The van der Waals surface area contributed by atoms with Crippen molar-refractivity contribution in [1.82, 2.24) is 10.3 Å². The van der Waals surface area contributed by atoms with E-state index in [9.17, 15) is 4.39 Å². The van der Waals surface area contributed by atoms with Gasteiger partial charge >= 0.3 is 0 Å². The molecule has 0 aliphatic heterocycles. The van der Waals surface area contributed by atoms with Crippen LogP contribution in [0.3, 0.4) is 0 Å². The molecular weight excluding hydrogens is 267 g/mol. The number of hydrogen-bond acceptors (Lipinski definition) is 3. The third kappa shape index (κ3) is 4.53. The first-order chi connectivity index (χ1) is 10.1. The Hall–Kier alpha value is -1.94. The van der Waals surface area contributed by atoms with Gasteiger partial charge in [-0.15, -0.1) is 0 Å². The molecular formula is C17H21FN2O. The summed E-state index contributed by atoms with van der Waals surface area (Å²) in [6.07, 6.45) is 1.76. The van der Waals surface area contributed by atoms with Crippen LogP contribution in [0.4, 0.5) is 4.39 Å². The van der Waals surface area contributed by atoms with Crippen LogP contribution in [0.1, 0.15) is 25.0 Å². The normalized spacial score (nSPS) is 10.9. The summed E-state index contributed by atoms with van der Waals surface area (Å²) in [4.78, 5) is 4.28. The van der Waals surface area contributed by atoms with E-state index in [1.165, 1.54) is 6.07 Å². The van der Waals surface area contributed by atoms with E-state index in [4.69, 9.17) is 4.74 Å². The van der Waals surface area contributed by atoms with Crippen LogP contribution in [0.5, 0.6) is 11.6 Å². The minimum absolute atomic E-state index is 0.193. The lowest BCUT2D eigenvalue weighted by Crippen LogP contribution is -2.19. The maximum absolute atomic E-state index is 13.6. The zero-order valence-electron chi connectivity index (χ0n) is 12.7. The summed E-state index contributed by atoms with van der Waals surface area (Å²) in [5.41, 5.74) is 1.98. The smallest absolute Gasteiger partial charge is 0.222 e. The van der Waals surface area contributed by atoms with Crippen LogP contribution in [0, 0.1) is 18.7 Å². The Balaban J connectivity index is 2.04.